The third-order valence-corrected chi connectivity index (χ3v) is 4.00. The number of hydrogen-bond donors (Lipinski definition) is 3. The molecule has 8 heteroatoms. The van der Waals surface area contributed by atoms with Crippen molar-refractivity contribution in [2.24, 2.45) is 5.92 Å². The Morgan fingerprint density at radius 2 is 2.00 bits per heavy atom. The molecule has 3 amide bonds. The van der Waals surface area contributed by atoms with Crippen LogP contribution in [0.25, 0.3) is 0 Å². The van der Waals surface area contributed by atoms with Crippen molar-refractivity contribution in [3.63, 3.8) is 0 Å². The normalized spacial score (nSPS) is 15.2. The Morgan fingerprint density at radius 1 is 1.32 bits per heavy atom. The minimum Gasteiger partial charge on any atom is -0.356 e. The van der Waals surface area contributed by atoms with E-state index >= 15 is 0 Å². The molecule has 0 aromatic carbocycles. The molecule has 1 aliphatic rings. The summed E-state index contributed by atoms with van der Waals surface area (Å²) >= 11 is 3.23. The second-order valence-electron chi connectivity index (χ2n) is 4.98. The highest BCUT2D eigenvalue weighted by atomic mass is 79.9. The van der Waals surface area contributed by atoms with E-state index in [0.717, 1.165) is 4.47 Å². The van der Waals surface area contributed by atoms with Gasteiger partial charge in [-0.2, -0.15) is 0 Å². The summed E-state index contributed by atoms with van der Waals surface area (Å²) in [6, 6.07) is 1.61. The quantitative estimate of drug-likeness (QED) is 0.547. The minimum absolute atomic E-state index is 0.121. The number of aromatic nitrogens is 1. The first-order valence-corrected chi connectivity index (χ1v) is 7.66. The van der Waals surface area contributed by atoms with Crippen molar-refractivity contribution in [1.29, 1.82) is 0 Å². The van der Waals surface area contributed by atoms with Crippen LogP contribution in [-0.4, -0.2) is 40.7 Å². The molecule has 2 rings (SSSR count). The largest absolute Gasteiger partial charge is 0.356 e. The zero-order chi connectivity index (χ0) is 16.1. The fraction of sp³-hybridized carbons (Fsp3) is 0.357. The van der Waals surface area contributed by atoms with E-state index in [1.165, 1.54) is 6.08 Å². The van der Waals surface area contributed by atoms with Gasteiger partial charge >= 0.3 is 0 Å². The standard InChI is InChI=1S/C14H17BrN4O3/c1-2-12(20)19-5-3-9(4-6-19)13(21)17-18-14(22)11-7-10(15)8-16-11/h2,7-9,16H,1,3-6H2,(H,17,21)(H,18,22). The van der Waals surface area contributed by atoms with E-state index in [1.807, 2.05) is 0 Å². The molecule has 2 heterocycles. The van der Waals surface area contributed by atoms with Crippen LogP contribution in [0.4, 0.5) is 0 Å². The third-order valence-electron chi connectivity index (χ3n) is 3.54. The summed E-state index contributed by atoms with van der Waals surface area (Å²) in [5, 5.41) is 0. The highest BCUT2D eigenvalue weighted by Gasteiger charge is 2.26. The molecule has 0 unspecified atom stereocenters. The van der Waals surface area contributed by atoms with Crippen molar-refractivity contribution < 1.29 is 14.4 Å². The van der Waals surface area contributed by atoms with Crippen LogP contribution in [0, 0.1) is 5.92 Å². The lowest BCUT2D eigenvalue weighted by Gasteiger charge is -2.30. The topological polar surface area (TPSA) is 94.3 Å². The van der Waals surface area contributed by atoms with Crippen LogP contribution in [0.5, 0.6) is 0 Å². The number of hydrogen-bond acceptors (Lipinski definition) is 3. The summed E-state index contributed by atoms with van der Waals surface area (Å²) in [4.78, 5) is 39.7. The van der Waals surface area contributed by atoms with Gasteiger partial charge in [0.25, 0.3) is 5.91 Å². The molecular weight excluding hydrogens is 352 g/mol. The van der Waals surface area contributed by atoms with Crippen molar-refractivity contribution in [2.45, 2.75) is 12.8 Å². The van der Waals surface area contributed by atoms with E-state index in [9.17, 15) is 14.4 Å². The smallest absolute Gasteiger partial charge is 0.286 e. The second kappa shape index (κ2) is 7.26. The van der Waals surface area contributed by atoms with Crippen molar-refractivity contribution >= 4 is 33.7 Å². The lowest BCUT2D eigenvalue weighted by atomic mass is 9.96. The van der Waals surface area contributed by atoms with Gasteiger partial charge in [0.2, 0.25) is 11.8 Å². The van der Waals surface area contributed by atoms with Gasteiger partial charge in [-0.15, -0.1) is 0 Å². The molecule has 7 nitrogen and oxygen atoms in total. The van der Waals surface area contributed by atoms with Crippen LogP contribution in [0.15, 0.2) is 29.4 Å². The highest BCUT2D eigenvalue weighted by molar-refractivity contribution is 9.10. The first-order valence-electron chi connectivity index (χ1n) is 6.86. The van der Waals surface area contributed by atoms with Gasteiger partial charge in [0, 0.05) is 29.7 Å². The molecule has 0 atom stereocenters. The summed E-state index contributed by atoms with van der Waals surface area (Å²) in [6.07, 6.45) is 4.03. The number of hydrazine groups is 1. The Hall–Kier alpha value is -2.09. The Kier molecular flexibility index (Phi) is 5.37. The maximum Gasteiger partial charge on any atom is 0.286 e. The fourth-order valence-electron chi connectivity index (χ4n) is 2.28. The molecule has 0 radical (unpaired) electrons. The molecule has 1 saturated heterocycles. The van der Waals surface area contributed by atoms with Gasteiger partial charge in [-0.25, -0.2) is 0 Å². The number of aromatic amines is 1. The number of piperidine rings is 1. The van der Waals surface area contributed by atoms with Crippen LogP contribution in [0.3, 0.4) is 0 Å². The SMILES string of the molecule is C=CC(=O)N1CCC(C(=O)NNC(=O)c2cc(Br)c[nH]2)CC1. The Balaban J connectivity index is 1.78. The van der Waals surface area contributed by atoms with Gasteiger partial charge in [0.15, 0.2) is 0 Å². The summed E-state index contributed by atoms with van der Waals surface area (Å²) in [5.74, 6) is -1.00. The maximum atomic E-state index is 12.0. The number of nitrogens with zero attached hydrogens (tertiary/aromatic N) is 1. The molecule has 1 aromatic rings. The molecular formula is C14H17BrN4O3. The Bertz CT molecular complexity index is 591. The first kappa shape index (κ1) is 16.3. The van der Waals surface area contributed by atoms with Crippen molar-refractivity contribution in [1.82, 2.24) is 20.7 Å². The monoisotopic (exact) mass is 368 g/mol. The molecule has 3 N–H and O–H groups in total. The van der Waals surface area contributed by atoms with Crippen LogP contribution >= 0.6 is 15.9 Å². The molecule has 0 spiro atoms. The summed E-state index contributed by atoms with van der Waals surface area (Å²) in [7, 11) is 0. The van der Waals surface area contributed by atoms with Gasteiger partial charge < -0.3 is 9.88 Å². The average molecular weight is 369 g/mol. The number of H-pyrrole nitrogens is 1. The van der Waals surface area contributed by atoms with E-state index in [-0.39, 0.29) is 17.7 Å². The number of carbonyl (C=O) groups excluding carboxylic acids is 3. The average Bonchev–Trinajstić information content (AvgIpc) is 2.98. The predicted molar refractivity (Wildman–Crippen MR) is 83.6 cm³/mol. The van der Waals surface area contributed by atoms with Crippen LogP contribution < -0.4 is 10.9 Å². The van der Waals surface area contributed by atoms with Gasteiger partial charge in [-0.3, -0.25) is 25.2 Å². The summed E-state index contributed by atoms with van der Waals surface area (Å²) < 4.78 is 0.753. The number of rotatable bonds is 3. The van der Waals surface area contributed by atoms with Crippen molar-refractivity contribution in [3.05, 3.63) is 35.1 Å². The van der Waals surface area contributed by atoms with Gasteiger partial charge in [0.1, 0.15) is 5.69 Å². The van der Waals surface area contributed by atoms with Gasteiger partial charge in [0.05, 0.1) is 0 Å². The third kappa shape index (κ3) is 3.97. The van der Waals surface area contributed by atoms with Crippen LogP contribution in [0.2, 0.25) is 0 Å². The van der Waals surface area contributed by atoms with Crippen LogP contribution in [-0.2, 0) is 9.59 Å². The molecule has 1 fully saturated rings. The molecule has 0 aliphatic carbocycles. The van der Waals surface area contributed by atoms with E-state index in [2.05, 4.69) is 38.3 Å². The number of halogens is 1. The zero-order valence-corrected chi connectivity index (χ0v) is 13.5. The Morgan fingerprint density at radius 3 is 2.55 bits per heavy atom. The molecule has 0 bridgehead atoms. The zero-order valence-electron chi connectivity index (χ0n) is 11.9. The maximum absolute atomic E-state index is 12.0. The van der Waals surface area contributed by atoms with Gasteiger partial charge in [-0.05, 0) is 40.9 Å². The fourth-order valence-corrected chi connectivity index (χ4v) is 2.62. The minimum atomic E-state index is -0.418. The van der Waals surface area contributed by atoms with Gasteiger partial charge in [-0.1, -0.05) is 6.58 Å². The highest BCUT2D eigenvalue weighted by Crippen LogP contribution is 2.17. The van der Waals surface area contributed by atoms with Crippen molar-refractivity contribution in [3.8, 4) is 0 Å². The molecule has 118 valence electrons. The number of nitrogens with one attached hydrogen (secondary N) is 3. The lowest BCUT2D eigenvalue weighted by Crippen LogP contribution is -2.48. The van der Waals surface area contributed by atoms with E-state index in [4.69, 9.17) is 0 Å². The number of carbonyl (C=O) groups is 3. The van der Waals surface area contributed by atoms with E-state index < -0.39 is 5.91 Å². The van der Waals surface area contributed by atoms with E-state index in [1.54, 1.807) is 17.2 Å². The summed E-state index contributed by atoms with van der Waals surface area (Å²) in [6.45, 7) is 4.47. The molecule has 0 saturated carbocycles. The molecule has 1 aliphatic heterocycles. The van der Waals surface area contributed by atoms with Crippen molar-refractivity contribution in [2.75, 3.05) is 13.1 Å². The van der Waals surface area contributed by atoms with Crippen LogP contribution in [0.1, 0.15) is 23.3 Å². The number of amides is 3. The Labute approximate surface area is 136 Å². The molecule has 22 heavy (non-hydrogen) atoms. The summed E-state index contributed by atoms with van der Waals surface area (Å²) in [5.41, 5.74) is 5.13. The van der Waals surface area contributed by atoms with E-state index in [0.29, 0.717) is 31.6 Å². The lowest BCUT2D eigenvalue weighted by molar-refractivity contribution is -0.132. The number of likely N-dealkylation sites (tertiary alicyclic amines) is 1. The molecule has 1 aromatic heterocycles. The second-order valence-corrected chi connectivity index (χ2v) is 5.89. The first-order chi connectivity index (χ1) is 10.5. The predicted octanol–water partition coefficient (Wildman–Crippen LogP) is 0.963.